The largest absolute Gasteiger partial charge is 0.542 e. The van der Waals surface area contributed by atoms with Crippen molar-refractivity contribution in [3.8, 4) is 23.0 Å². The molecule has 11 heteroatoms. The molecule has 1 N–H and O–H groups in total. The number of nitrogens with zero attached hydrogens (tertiary/aromatic N) is 1. The van der Waals surface area contributed by atoms with Gasteiger partial charge in [-0.15, -0.1) is 0 Å². The maximum atomic E-state index is 11.7. The van der Waals surface area contributed by atoms with Crippen molar-refractivity contribution in [2.75, 3.05) is 28.4 Å². The van der Waals surface area contributed by atoms with Crippen LogP contribution in [-0.4, -0.2) is 45.7 Å². The number of alkyl halides is 3. The molecule has 4 rings (SSSR count). The van der Waals surface area contributed by atoms with Gasteiger partial charge in [0.2, 0.25) is 5.69 Å². The number of carboxylic acids is 1. The summed E-state index contributed by atoms with van der Waals surface area (Å²) in [6.07, 6.45) is -3.22. The van der Waals surface area contributed by atoms with E-state index in [2.05, 4.69) is 0 Å². The lowest BCUT2D eigenvalue weighted by Crippen LogP contribution is -2.50. The Balaban J connectivity index is 0.000000429. The van der Waals surface area contributed by atoms with Crippen molar-refractivity contribution in [1.82, 2.24) is 0 Å². The van der Waals surface area contributed by atoms with Crippen LogP contribution in [0, 0.1) is 0 Å². The first-order valence-corrected chi connectivity index (χ1v) is 10.2. The molecule has 2 heterocycles. The van der Waals surface area contributed by atoms with Crippen molar-refractivity contribution >= 4 is 16.7 Å². The van der Waals surface area contributed by atoms with E-state index in [-0.39, 0.29) is 0 Å². The number of carboxylic acid groups (broad SMARTS) is 1. The van der Waals surface area contributed by atoms with Gasteiger partial charge in [-0.05, 0) is 30.5 Å². The predicted octanol–water partition coefficient (Wildman–Crippen LogP) is 2.08. The first-order valence-electron chi connectivity index (χ1n) is 10.2. The highest BCUT2D eigenvalue weighted by Gasteiger charge is 2.44. The monoisotopic (exact) mass is 495 g/mol. The zero-order valence-electron chi connectivity index (χ0n) is 19.6. The number of methoxy groups -OCH3 is 4. The molecule has 0 saturated carbocycles. The van der Waals surface area contributed by atoms with Gasteiger partial charge in [0.25, 0.3) is 0 Å². The van der Waals surface area contributed by atoms with E-state index in [4.69, 9.17) is 28.8 Å². The quantitative estimate of drug-likeness (QED) is 0.553. The van der Waals surface area contributed by atoms with Crippen LogP contribution in [0.3, 0.4) is 0 Å². The number of ether oxygens (including phenoxy) is 4. The molecule has 0 spiro atoms. The Morgan fingerprint density at radius 3 is 2.09 bits per heavy atom. The van der Waals surface area contributed by atoms with Crippen LogP contribution in [0.5, 0.6) is 23.0 Å². The maximum absolute atomic E-state index is 11.7. The third-order valence-electron chi connectivity index (χ3n) is 5.73. The number of aliphatic carboxylic acids is 1. The molecule has 0 bridgehead atoms. The third-order valence-corrected chi connectivity index (χ3v) is 5.73. The molecule has 35 heavy (non-hydrogen) atoms. The van der Waals surface area contributed by atoms with Gasteiger partial charge in [-0.3, -0.25) is 0 Å². The average Bonchev–Trinajstić information content (AvgIpc) is 2.81. The predicted molar refractivity (Wildman–Crippen MR) is 116 cm³/mol. The van der Waals surface area contributed by atoms with Gasteiger partial charge < -0.3 is 34.0 Å². The molecule has 0 fully saturated rings. The van der Waals surface area contributed by atoms with Gasteiger partial charge in [-0.1, -0.05) is 6.07 Å². The number of carbonyl (C=O) groups is 1. The fourth-order valence-corrected chi connectivity index (χ4v) is 4.21. The first kappa shape index (κ1) is 25.9. The molecule has 0 radical (unpaired) electrons. The zero-order valence-corrected chi connectivity index (χ0v) is 19.6. The molecule has 188 valence electrons. The van der Waals surface area contributed by atoms with E-state index in [1.165, 1.54) is 0 Å². The molecule has 3 aromatic rings. The van der Waals surface area contributed by atoms with Gasteiger partial charge in [0, 0.05) is 11.6 Å². The summed E-state index contributed by atoms with van der Waals surface area (Å²) in [5.74, 6) is -0.438. The first-order chi connectivity index (χ1) is 16.4. The molecular formula is C24H24F3NO7. The second-order valence-corrected chi connectivity index (χ2v) is 7.77. The number of fused-ring (bicyclic) bond motifs is 4. The fourth-order valence-electron chi connectivity index (χ4n) is 4.21. The summed E-state index contributed by atoms with van der Waals surface area (Å²) in [7, 11) is 6.45. The molecule has 1 aliphatic rings. The number of carbonyl (C=O) groups excluding carboxylic acids is 1. The third kappa shape index (κ3) is 4.63. The molecule has 1 aliphatic heterocycles. The summed E-state index contributed by atoms with van der Waals surface area (Å²) >= 11 is 0. The van der Waals surface area contributed by atoms with Gasteiger partial charge >= 0.3 is 6.18 Å². The van der Waals surface area contributed by atoms with E-state index in [9.17, 15) is 18.3 Å². The summed E-state index contributed by atoms with van der Waals surface area (Å²) in [6, 6.07) is 9.58. The standard InChI is InChI=1S/C22H24NO5.C2HF3O2/c1-22(24)16-6-7-17(25-2)20(28-5)15(16)12-23-9-8-13-10-18(26-3)19(27-4)11-14(13)21(22)23;3-2(4,5)1(6)7/h6-11,24H,12H2,1-5H3;(H,6,7)/q+1;/p-1/t22-;/m0./s1. The SMILES string of the molecule is COc1cc2cc[n+]3c(c2cc1OC)[C@@](C)(O)c1ccc(OC)c(OC)c1C3.O=C([O-])C(F)(F)F. The molecule has 1 atom stereocenters. The lowest BCUT2D eigenvalue weighted by atomic mass is 9.82. The molecule has 2 aromatic carbocycles. The van der Waals surface area contributed by atoms with E-state index in [1.54, 1.807) is 35.4 Å². The van der Waals surface area contributed by atoms with Crippen molar-refractivity contribution in [2.24, 2.45) is 0 Å². The van der Waals surface area contributed by atoms with E-state index >= 15 is 0 Å². The van der Waals surface area contributed by atoms with E-state index in [1.807, 2.05) is 41.1 Å². The summed E-state index contributed by atoms with van der Waals surface area (Å²) in [4.78, 5) is 8.78. The maximum Gasteiger partial charge on any atom is 0.430 e. The molecule has 0 saturated heterocycles. The Bertz CT molecular complexity index is 1270. The highest BCUT2D eigenvalue weighted by atomic mass is 19.4. The molecular weight excluding hydrogens is 471 g/mol. The van der Waals surface area contributed by atoms with Gasteiger partial charge in [0.1, 0.15) is 5.97 Å². The normalized spacial score (nSPS) is 16.4. The van der Waals surface area contributed by atoms with Gasteiger partial charge in [-0.2, -0.15) is 17.7 Å². The van der Waals surface area contributed by atoms with Gasteiger partial charge in [0.05, 0.1) is 39.4 Å². The smallest absolute Gasteiger partial charge is 0.430 e. The lowest BCUT2D eigenvalue weighted by Gasteiger charge is -2.31. The highest BCUT2D eigenvalue weighted by Crippen LogP contribution is 2.44. The molecule has 8 nitrogen and oxygen atoms in total. The minimum atomic E-state index is -5.19. The van der Waals surface area contributed by atoms with E-state index in [0.717, 1.165) is 27.6 Å². The minimum Gasteiger partial charge on any atom is -0.542 e. The van der Waals surface area contributed by atoms with Crippen LogP contribution in [0.15, 0.2) is 36.5 Å². The van der Waals surface area contributed by atoms with Crippen molar-refractivity contribution < 1.29 is 51.7 Å². The van der Waals surface area contributed by atoms with Crippen LogP contribution < -0.4 is 28.6 Å². The van der Waals surface area contributed by atoms with Crippen LogP contribution >= 0.6 is 0 Å². The van der Waals surface area contributed by atoms with Gasteiger partial charge in [0.15, 0.2) is 41.3 Å². The number of benzene rings is 2. The summed E-state index contributed by atoms with van der Waals surface area (Å²) in [5.41, 5.74) is 1.27. The van der Waals surface area contributed by atoms with Crippen LogP contribution in [0.4, 0.5) is 13.2 Å². The van der Waals surface area contributed by atoms with Crippen molar-refractivity contribution in [2.45, 2.75) is 25.2 Å². The number of hydrogen-bond acceptors (Lipinski definition) is 7. The Labute approximate surface area is 199 Å². The number of aliphatic hydroxyl groups is 1. The molecule has 0 aliphatic carbocycles. The highest BCUT2D eigenvalue weighted by molar-refractivity contribution is 5.88. The lowest BCUT2D eigenvalue weighted by molar-refractivity contribution is -0.703. The van der Waals surface area contributed by atoms with Crippen LogP contribution in [0.25, 0.3) is 10.8 Å². The Hall–Kier alpha value is -3.73. The minimum absolute atomic E-state index is 0.561. The molecule has 1 aromatic heterocycles. The van der Waals surface area contributed by atoms with Gasteiger partial charge in [-0.25, -0.2) is 0 Å². The summed E-state index contributed by atoms with van der Waals surface area (Å²) in [5, 5.41) is 22.3. The zero-order chi connectivity index (χ0) is 26.1. The fraction of sp³-hybridized carbons (Fsp3) is 0.333. The second kappa shape index (κ2) is 9.49. The molecule has 0 amide bonds. The van der Waals surface area contributed by atoms with Crippen LogP contribution in [-0.2, 0) is 16.9 Å². The van der Waals surface area contributed by atoms with Crippen molar-refractivity contribution in [3.63, 3.8) is 0 Å². The second-order valence-electron chi connectivity index (χ2n) is 7.77. The summed E-state index contributed by atoms with van der Waals surface area (Å²) in [6.45, 7) is 2.37. The van der Waals surface area contributed by atoms with Crippen molar-refractivity contribution in [3.05, 3.63) is 53.3 Å². The van der Waals surface area contributed by atoms with E-state index in [0.29, 0.717) is 29.5 Å². The Kier molecular flexibility index (Phi) is 7.02. The topological polar surface area (TPSA) is 101 Å². The Morgan fingerprint density at radius 2 is 1.57 bits per heavy atom. The number of rotatable bonds is 4. The Morgan fingerprint density at radius 1 is 1.00 bits per heavy atom. The number of aromatic nitrogens is 1. The number of pyridine rings is 1. The number of halogens is 3. The molecule has 0 unspecified atom stereocenters. The summed E-state index contributed by atoms with van der Waals surface area (Å²) < 4.78 is 55.6. The number of hydrogen-bond donors (Lipinski definition) is 1. The van der Waals surface area contributed by atoms with E-state index < -0.39 is 17.7 Å². The van der Waals surface area contributed by atoms with Crippen LogP contribution in [0.1, 0.15) is 23.7 Å². The van der Waals surface area contributed by atoms with Crippen molar-refractivity contribution in [1.29, 1.82) is 0 Å². The average molecular weight is 495 g/mol. The van der Waals surface area contributed by atoms with Crippen LogP contribution in [0.2, 0.25) is 0 Å².